The van der Waals surface area contributed by atoms with Gasteiger partial charge in [-0.25, -0.2) is 4.98 Å². The van der Waals surface area contributed by atoms with Gasteiger partial charge in [0.15, 0.2) is 0 Å². The van der Waals surface area contributed by atoms with Gasteiger partial charge in [-0.1, -0.05) is 17.7 Å². The molecule has 0 saturated carbocycles. The Bertz CT molecular complexity index is 535. The fraction of sp³-hybridized carbons (Fsp3) is 0.111. The third-order valence-electron chi connectivity index (χ3n) is 2.05. The quantitative estimate of drug-likeness (QED) is 0.809. The fourth-order valence-corrected chi connectivity index (χ4v) is 1.64. The Morgan fingerprint density at radius 1 is 1.60 bits per heavy atom. The lowest BCUT2D eigenvalue weighted by molar-refractivity contribution is -0.137. The molecule has 0 unspecified atom stereocenters. The number of aromatic nitrogens is 2. The Kier molecular flexibility index (Phi) is 2.24. The number of nitrogen functional groups attached to an aromatic ring is 1. The number of carboxylic acids is 1. The molecule has 0 atom stereocenters. The normalized spacial score (nSPS) is 10.7. The van der Waals surface area contributed by atoms with Gasteiger partial charge in [-0.05, 0) is 12.1 Å². The largest absolute Gasteiger partial charge is 0.480 e. The van der Waals surface area contributed by atoms with Crippen LogP contribution in [-0.4, -0.2) is 20.6 Å². The lowest BCUT2D eigenvalue weighted by atomic mass is 10.3. The summed E-state index contributed by atoms with van der Waals surface area (Å²) in [6.45, 7) is -0.220. The first-order chi connectivity index (χ1) is 7.09. The van der Waals surface area contributed by atoms with E-state index < -0.39 is 5.97 Å². The molecule has 0 fully saturated rings. The van der Waals surface area contributed by atoms with Gasteiger partial charge < -0.3 is 10.8 Å². The summed E-state index contributed by atoms with van der Waals surface area (Å²) in [6.07, 6.45) is 0. The first-order valence-electron chi connectivity index (χ1n) is 4.21. The molecule has 0 aliphatic heterocycles. The van der Waals surface area contributed by atoms with E-state index in [0.717, 1.165) is 0 Å². The maximum Gasteiger partial charge on any atom is 0.323 e. The number of benzene rings is 1. The van der Waals surface area contributed by atoms with Gasteiger partial charge in [0.2, 0.25) is 5.95 Å². The zero-order valence-corrected chi connectivity index (χ0v) is 8.40. The molecule has 1 heterocycles. The van der Waals surface area contributed by atoms with Crippen LogP contribution < -0.4 is 5.73 Å². The van der Waals surface area contributed by atoms with Crippen molar-refractivity contribution < 1.29 is 9.90 Å². The highest BCUT2D eigenvalue weighted by atomic mass is 35.5. The lowest BCUT2D eigenvalue weighted by Crippen LogP contribution is -2.11. The van der Waals surface area contributed by atoms with E-state index in [1.165, 1.54) is 4.57 Å². The van der Waals surface area contributed by atoms with Gasteiger partial charge in [0.25, 0.3) is 0 Å². The fourth-order valence-electron chi connectivity index (χ4n) is 1.43. The Hall–Kier alpha value is -1.75. The zero-order chi connectivity index (χ0) is 11.0. The van der Waals surface area contributed by atoms with Gasteiger partial charge >= 0.3 is 5.97 Å². The van der Waals surface area contributed by atoms with Crippen LogP contribution in [0.1, 0.15) is 0 Å². The highest BCUT2D eigenvalue weighted by molar-refractivity contribution is 6.35. The summed E-state index contributed by atoms with van der Waals surface area (Å²) >= 11 is 5.90. The van der Waals surface area contributed by atoms with Crippen molar-refractivity contribution in [2.24, 2.45) is 0 Å². The van der Waals surface area contributed by atoms with Crippen LogP contribution in [0.15, 0.2) is 18.2 Å². The number of rotatable bonds is 2. The summed E-state index contributed by atoms with van der Waals surface area (Å²) in [5, 5.41) is 9.16. The van der Waals surface area contributed by atoms with Crippen molar-refractivity contribution in [1.82, 2.24) is 9.55 Å². The molecule has 2 aromatic rings. The van der Waals surface area contributed by atoms with Crippen LogP contribution in [0.25, 0.3) is 11.0 Å². The lowest BCUT2D eigenvalue weighted by Gasteiger charge is -2.01. The summed E-state index contributed by atoms with van der Waals surface area (Å²) in [7, 11) is 0. The molecule has 0 spiro atoms. The van der Waals surface area contributed by atoms with Crippen LogP contribution in [0.3, 0.4) is 0 Å². The molecule has 0 bridgehead atoms. The molecule has 15 heavy (non-hydrogen) atoms. The smallest absolute Gasteiger partial charge is 0.323 e. The molecular formula is C9H8ClN3O2. The van der Waals surface area contributed by atoms with E-state index in [1.807, 2.05) is 0 Å². The van der Waals surface area contributed by atoms with Gasteiger partial charge in [0.1, 0.15) is 12.1 Å². The van der Waals surface area contributed by atoms with Gasteiger partial charge in [0.05, 0.1) is 10.5 Å². The number of aliphatic carboxylic acids is 1. The van der Waals surface area contributed by atoms with Crippen LogP contribution in [0.5, 0.6) is 0 Å². The molecule has 0 radical (unpaired) electrons. The summed E-state index contributed by atoms with van der Waals surface area (Å²) in [4.78, 5) is 14.6. The van der Waals surface area contributed by atoms with Crippen molar-refractivity contribution in [2.75, 3.05) is 5.73 Å². The van der Waals surface area contributed by atoms with Gasteiger partial charge in [-0.2, -0.15) is 0 Å². The van der Waals surface area contributed by atoms with Crippen LogP contribution in [0.4, 0.5) is 5.95 Å². The molecule has 0 aliphatic carbocycles. The molecule has 0 aliphatic rings. The zero-order valence-electron chi connectivity index (χ0n) is 7.64. The molecule has 1 aromatic heterocycles. The SMILES string of the molecule is Nc1nc2c(Cl)cccc2n1CC(=O)O. The van der Waals surface area contributed by atoms with E-state index in [-0.39, 0.29) is 12.5 Å². The predicted molar refractivity (Wildman–Crippen MR) is 56.8 cm³/mol. The molecule has 6 heteroatoms. The third kappa shape index (κ3) is 1.61. The van der Waals surface area contributed by atoms with Crippen molar-refractivity contribution >= 4 is 34.6 Å². The second kappa shape index (κ2) is 3.43. The highest BCUT2D eigenvalue weighted by Crippen LogP contribution is 2.24. The summed E-state index contributed by atoms with van der Waals surface area (Å²) < 4.78 is 1.41. The molecular weight excluding hydrogens is 218 g/mol. The Labute approximate surface area is 90.1 Å². The Morgan fingerprint density at radius 2 is 2.33 bits per heavy atom. The summed E-state index contributed by atoms with van der Waals surface area (Å²) in [6, 6.07) is 5.14. The predicted octanol–water partition coefficient (Wildman–Crippen LogP) is 1.36. The second-order valence-corrected chi connectivity index (χ2v) is 3.46. The number of carbonyl (C=O) groups is 1. The van der Waals surface area contributed by atoms with E-state index in [2.05, 4.69) is 4.98 Å². The number of anilines is 1. The Balaban J connectivity index is 2.68. The average molecular weight is 226 g/mol. The van der Waals surface area contributed by atoms with Crippen molar-refractivity contribution in [3.8, 4) is 0 Å². The number of imidazole rings is 1. The monoisotopic (exact) mass is 225 g/mol. The van der Waals surface area contributed by atoms with E-state index in [1.54, 1.807) is 18.2 Å². The van der Waals surface area contributed by atoms with Crippen molar-refractivity contribution in [3.05, 3.63) is 23.2 Å². The van der Waals surface area contributed by atoms with E-state index in [9.17, 15) is 4.79 Å². The van der Waals surface area contributed by atoms with Crippen molar-refractivity contribution in [2.45, 2.75) is 6.54 Å². The number of halogens is 1. The molecule has 5 nitrogen and oxygen atoms in total. The molecule has 0 amide bonds. The summed E-state index contributed by atoms with van der Waals surface area (Å²) in [5.41, 5.74) is 6.75. The first-order valence-corrected chi connectivity index (χ1v) is 4.59. The molecule has 1 aromatic carbocycles. The minimum absolute atomic E-state index is 0.153. The maximum absolute atomic E-state index is 10.6. The van der Waals surface area contributed by atoms with E-state index in [0.29, 0.717) is 16.1 Å². The van der Waals surface area contributed by atoms with Gasteiger partial charge in [0, 0.05) is 0 Å². The number of nitrogens with two attached hydrogens (primary N) is 1. The maximum atomic E-state index is 10.6. The number of fused-ring (bicyclic) bond motifs is 1. The standard InChI is InChI=1S/C9H8ClN3O2/c10-5-2-1-3-6-8(5)12-9(11)13(6)4-7(14)15/h1-3H,4H2,(H2,11,12)(H,14,15). The minimum Gasteiger partial charge on any atom is -0.480 e. The van der Waals surface area contributed by atoms with Crippen LogP contribution >= 0.6 is 11.6 Å². The topological polar surface area (TPSA) is 81.1 Å². The average Bonchev–Trinajstić information content (AvgIpc) is 2.45. The molecule has 78 valence electrons. The third-order valence-corrected chi connectivity index (χ3v) is 2.36. The van der Waals surface area contributed by atoms with Gasteiger partial charge in [-0.15, -0.1) is 0 Å². The van der Waals surface area contributed by atoms with Crippen molar-refractivity contribution in [1.29, 1.82) is 0 Å². The second-order valence-electron chi connectivity index (χ2n) is 3.06. The van der Waals surface area contributed by atoms with E-state index in [4.69, 9.17) is 22.4 Å². The molecule has 2 rings (SSSR count). The number of nitrogens with zero attached hydrogens (tertiary/aromatic N) is 2. The Morgan fingerprint density at radius 3 is 3.00 bits per heavy atom. The van der Waals surface area contributed by atoms with E-state index >= 15 is 0 Å². The highest BCUT2D eigenvalue weighted by Gasteiger charge is 2.12. The van der Waals surface area contributed by atoms with Crippen LogP contribution in [0, 0.1) is 0 Å². The molecule has 0 saturated heterocycles. The first kappa shape index (κ1) is 9.79. The van der Waals surface area contributed by atoms with Crippen LogP contribution in [-0.2, 0) is 11.3 Å². The summed E-state index contributed by atoms with van der Waals surface area (Å²) in [5.74, 6) is -0.818. The van der Waals surface area contributed by atoms with Crippen LogP contribution in [0.2, 0.25) is 5.02 Å². The van der Waals surface area contributed by atoms with Gasteiger partial charge in [-0.3, -0.25) is 9.36 Å². The molecule has 3 N–H and O–H groups in total. The number of carboxylic acid groups (broad SMARTS) is 1. The minimum atomic E-state index is -0.971. The number of para-hydroxylation sites is 1. The number of hydrogen-bond donors (Lipinski definition) is 2. The number of hydrogen-bond acceptors (Lipinski definition) is 3. The van der Waals surface area contributed by atoms with Crippen molar-refractivity contribution in [3.63, 3.8) is 0 Å².